The predicted molar refractivity (Wildman–Crippen MR) is 83.7 cm³/mol. The molecule has 2 aliphatic rings. The second-order valence-electron chi connectivity index (χ2n) is 6.87. The molecule has 2 saturated heterocycles. The van der Waals surface area contributed by atoms with E-state index < -0.39 is 0 Å². The number of hydrogen-bond acceptors (Lipinski definition) is 2. The fourth-order valence-corrected chi connectivity index (χ4v) is 3.98. The highest BCUT2D eigenvalue weighted by Crippen LogP contribution is 2.32. The third kappa shape index (κ3) is 4.76. The molecule has 20 heavy (non-hydrogen) atoms. The maximum atomic E-state index is 12.3. The number of fused-ring (bicyclic) bond motifs is 2. The summed E-state index contributed by atoms with van der Waals surface area (Å²) in [6, 6.07) is 1.79. The highest BCUT2D eigenvalue weighted by atomic mass is 16.1. The monoisotopic (exact) mass is 280 g/mol. The van der Waals surface area contributed by atoms with Gasteiger partial charge in [0.25, 0.3) is 0 Å². The van der Waals surface area contributed by atoms with Gasteiger partial charge in [-0.05, 0) is 44.4 Å². The fourth-order valence-electron chi connectivity index (χ4n) is 3.98. The molecular formula is C17H32N2O. The second-order valence-corrected chi connectivity index (χ2v) is 6.87. The van der Waals surface area contributed by atoms with Gasteiger partial charge in [0.05, 0.1) is 0 Å². The largest absolute Gasteiger partial charge is 0.353 e. The van der Waals surface area contributed by atoms with E-state index in [1.807, 2.05) is 0 Å². The summed E-state index contributed by atoms with van der Waals surface area (Å²) in [5.41, 5.74) is 0. The molecule has 0 aliphatic carbocycles. The summed E-state index contributed by atoms with van der Waals surface area (Å²) in [6.45, 7) is 4.42. The van der Waals surface area contributed by atoms with Crippen LogP contribution in [0.3, 0.4) is 0 Å². The predicted octanol–water partition coefficient (Wildman–Crippen LogP) is 3.38. The summed E-state index contributed by atoms with van der Waals surface area (Å²) in [6.07, 6.45) is 11.7. The van der Waals surface area contributed by atoms with Crippen molar-refractivity contribution >= 4 is 5.91 Å². The summed E-state index contributed by atoms with van der Waals surface area (Å²) in [5, 5.41) is 6.94. The zero-order valence-corrected chi connectivity index (χ0v) is 13.3. The summed E-state index contributed by atoms with van der Waals surface area (Å²) < 4.78 is 0. The van der Waals surface area contributed by atoms with Gasteiger partial charge >= 0.3 is 0 Å². The van der Waals surface area contributed by atoms with Crippen LogP contribution in [-0.4, -0.2) is 24.0 Å². The Labute approximate surface area is 124 Å². The third-order valence-electron chi connectivity index (χ3n) is 4.95. The van der Waals surface area contributed by atoms with E-state index in [0.717, 1.165) is 25.7 Å². The Bertz CT molecular complexity index is 293. The van der Waals surface area contributed by atoms with Gasteiger partial charge in [0.2, 0.25) is 5.91 Å². The summed E-state index contributed by atoms with van der Waals surface area (Å²) in [5.74, 6) is 0.910. The molecule has 0 aromatic heterocycles. The number of unbranched alkanes of at least 4 members (excludes halogenated alkanes) is 1. The lowest BCUT2D eigenvalue weighted by Gasteiger charge is -2.29. The van der Waals surface area contributed by atoms with Crippen molar-refractivity contribution in [3.05, 3.63) is 0 Å². The molecule has 3 heteroatoms. The van der Waals surface area contributed by atoms with Gasteiger partial charge in [0.1, 0.15) is 0 Å². The Hall–Kier alpha value is -0.570. The maximum absolute atomic E-state index is 12.3. The Kier molecular flexibility index (Phi) is 6.34. The van der Waals surface area contributed by atoms with Crippen LogP contribution in [0.1, 0.15) is 78.1 Å². The van der Waals surface area contributed by atoms with Gasteiger partial charge in [-0.3, -0.25) is 4.79 Å². The van der Waals surface area contributed by atoms with Crippen molar-refractivity contribution in [3.63, 3.8) is 0 Å². The van der Waals surface area contributed by atoms with Crippen molar-refractivity contribution in [2.45, 2.75) is 96.2 Å². The van der Waals surface area contributed by atoms with Gasteiger partial charge in [0, 0.05) is 24.5 Å². The van der Waals surface area contributed by atoms with E-state index in [4.69, 9.17) is 0 Å². The summed E-state index contributed by atoms with van der Waals surface area (Å²) >= 11 is 0. The molecule has 0 spiro atoms. The Morgan fingerprint density at radius 1 is 1.15 bits per heavy atom. The first-order valence-electron chi connectivity index (χ1n) is 8.76. The minimum absolute atomic E-state index is 0.297. The van der Waals surface area contributed by atoms with Crippen LogP contribution < -0.4 is 10.6 Å². The van der Waals surface area contributed by atoms with Crippen molar-refractivity contribution in [2.24, 2.45) is 5.92 Å². The van der Waals surface area contributed by atoms with Gasteiger partial charge in [0.15, 0.2) is 0 Å². The molecule has 2 N–H and O–H groups in total. The number of rotatable bonds is 8. The molecular weight excluding hydrogens is 248 g/mol. The number of amides is 1. The molecule has 0 radical (unpaired) electrons. The van der Waals surface area contributed by atoms with Crippen LogP contribution in [0.15, 0.2) is 0 Å². The number of carbonyl (C=O) groups excluding carboxylic acids is 1. The average molecular weight is 280 g/mol. The highest BCUT2D eigenvalue weighted by molar-refractivity contribution is 5.76. The lowest BCUT2D eigenvalue weighted by atomic mass is 9.89. The normalized spacial score (nSPS) is 30.2. The number of piperidine rings is 1. The van der Waals surface area contributed by atoms with E-state index in [9.17, 15) is 4.79 Å². The minimum atomic E-state index is 0.297. The Morgan fingerprint density at radius 3 is 2.45 bits per heavy atom. The van der Waals surface area contributed by atoms with Crippen LogP contribution in [0.2, 0.25) is 0 Å². The molecule has 2 aliphatic heterocycles. The van der Waals surface area contributed by atoms with Crippen molar-refractivity contribution in [3.8, 4) is 0 Å². The number of hydrogen-bond donors (Lipinski definition) is 2. The molecule has 0 aromatic rings. The van der Waals surface area contributed by atoms with Gasteiger partial charge < -0.3 is 10.6 Å². The highest BCUT2D eigenvalue weighted by Gasteiger charge is 2.34. The van der Waals surface area contributed by atoms with Crippen LogP contribution >= 0.6 is 0 Å². The van der Waals surface area contributed by atoms with E-state index in [2.05, 4.69) is 24.5 Å². The first kappa shape index (κ1) is 15.8. The van der Waals surface area contributed by atoms with Gasteiger partial charge in [-0.25, -0.2) is 0 Å². The topological polar surface area (TPSA) is 41.1 Å². The Morgan fingerprint density at radius 2 is 1.85 bits per heavy atom. The molecule has 116 valence electrons. The summed E-state index contributed by atoms with van der Waals surface area (Å²) in [4.78, 5) is 12.3. The van der Waals surface area contributed by atoms with Crippen LogP contribution in [0.25, 0.3) is 0 Å². The van der Waals surface area contributed by atoms with Crippen molar-refractivity contribution in [1.82, 2.24) is 10.6 Å². The first-order valence-corrected chi connectivity index (χ1v) is 8.76. The molecule has 2 heterocycles. The van der Waals surface area contributed by atoms with E-state index in [0.29, 0.717) is 30.0 Å². The fraction of sp³-hybridized carbons (Fsp3) is 0.941. The average Bonchev–Trinajstić information content (AvgIpc) is 2.75. The molecule has 2 rings (SSSR count). The van der Waals surface area contributed by atoms with Gasteiger partial charge in [-0.2, -0.15) is 0 Å². The minimum Gasteiger partial charge on any atom is -0.353 e. The molecule has 0 saturated carbocycles. The van der Waals surface area contributed by atoms with E-state index >= 15 is 0 Å². The lowest BCUT2D eigenvalue weighted by Crippen LogP contribution is -2.41. The van der Waals surface area contributed by atoms with Crippen LogP contribution in [0, 0.1) is 5.92 Å². The van der Waals surface area contributed by atoms with Crippen LogP contribution in [0.5, 0.6) is 0 Å². The molecule has 3 nitrogen and oxygen atoms in total. The standard InChI is InChI=1S/C17H32N2O/c1-3-5-7-14(6-4-2)19-17(20)12-13-10-15-8-9-16(11-13)18-15/h13-16,18H,3-12H2,1-2H3,(H,19,20). The molecule has 0 aromatic carbocycles. The van der Waals surface area contributed by atoms with Crippen molar-refractivity contribution in [1.29, 1.82) is 0 Å². The molecule has 3 unspecified atom stereocenters. The molecule has 2 bridgehead atoms. The zero-order valence-electron chi connectivity index (χ0n) is 13.3. The first-order chi connectivity index (χ1) is 9.71. The SMILES string of the molecule is CCCCC(CCC)NC(=O)CC1CC2CCC(C1)N2. The molecule has 2 fully saturated rings. The second kappa shape index (κ2) is 8.02. The van der Waals surface area contributed by atoms with Crippen LogP contribution in [0.4, 0.5) is 0 Å². The third-order valence-corrected chi connectivity index (χ3v) is 4.95. The maximum Gasteiger partial charge on any atom is 0.220 e. The number of nitrogens with one attached hydrogen (secondary N) is 2. The zero-order chi connectivity index (χ0) is 14.4. The number of carbonyl (C=O) groups is 1. The smallest absolute Gasteiger partial charge is 0.220 e. The van der Waals surface area contributed by atoms with Gasteiger partial charge in [-0.1, -0.05) is 33.1 Å². The Balaban J connectivity index is 1.72. The van der Waals surface area contributed by atoms with E-state index in [1.54, 1.807) is 0 Å². The summed E-state index contributed by atoms with van der Waals surface area (Å²) in [7, 11) is 0. The quantitative estimate of drug-likeness (QED) is 0.715. The van der Waals surface area contributed by atoms with Crippen molar-refractivity contribution in [2.75, 3.05) is 0 Å². The molecule has 3 atom stereocenters. The van der Waals surface area contributed by atoms with Gasteiger partial charge in [-0.15, -0.1) is 0 Å². The lowest BCUT2D eigenvalue weighted by molar-refractivity contribution is -0.123. The molecule has 1 amide bonds. The van der Waals surface area contributed by atoms with E-state index in [1.165, 1.54) is 38.5 Å². The van der Waals surface area contributed by atoms with Crippen molar-refractivity contribution < 1.29 is 4.79 Å². The van der Waals surface area contributed by atoms with Crippen LogP contribution in [-0.2, 0) is 4.79 Å². The van der Waals surface area contributed by atoms with E-state index in [-0.39, 0.29) is 0 Å².